The Bertz CT molecular complexity index is 508. The zero-order valence-electron chi connectivity index (χ0n) is 12.5. The fourth-order valence-corrected chi connectivity index (χ4v) is 3.01. The molecule has 0 radical (unpaired) electrons. The lowest BCUT2D eigenvalue weighted by Crippen LogP contribution is -2.53. The zero-order valence-corrected chi connectivity index (χ0v) is 13.4. The predicted octanol–water partition coefficient (Wildman–Crippen LogP) is 1.65. The molecule has 6 nitrogen and oxygen atoms in total. The van der Waals surface area contributed by atoms with Gasteiger partial charge in [-0.05, 0) is 26.8 Å². The first-order chi connectivity index (χ1) is 9.70. The topological polar surface area (TPSA) is 72.9 Å². The normalized spacial score (nSPS) is 22.7. The third kappa shape index (κ3) is 3.40. The molecular weight excluding hydrogens is 294 g/mol. The summed E-state index contributed by atoms with van der Waals surface area (Å²) in [5.74, 6) is -0.513. The Hall–Kier alpha value is -1.50. The Morgan fingerprint density at radius 1 is 1.38 bits per heavy atom. The van der Waals surface area contributed by atoms with E-state index in [9.17, 15) is 14.4 Å². The largest absolute Gasteiger partial charge is 0.425 e. The molecule has 2 aliphatic heterocycles. The van der Waals surface area contributed by atoms with Gasteiger partial charge in [0.2, 0.25) is 12.2 Å². The summed E-state index contributed by atoms with van der Waals surface area (Å²) in [4.78, 5) is 36.8. The van der Waals surface area contributed by atoms with Crippen LogP contribution in [0.25, 0.3) is 0 Å². The van der Waals surface area contributed by atoms with Crippen molar-refractivity contribution in [3.8, 4) is 0 Å². The van der Waals surface area contributed by atoms with Crippen LogP contribution in [0, 0.1) is 5.41 Å². The number of amides is 1. The van der Waals surface area contributed by atoms with Crippen molar-refractivity contribution in [3.05, 3.63) is 11.8 Å². The van der Waals surface area contributed by atoms with Crippen LogP contribution in [0.3, 0.4) is 0 Å². The Morgan fingerprint density at radius 2 is 2.05 bits per heavy atom. The van der Waals surface area contributed by atoms with Gasteiger partial charge < -0.3 is 9.47 Å². The minimum Gasteiger partial charge on any atom is -0.425 e. The second-order valence-electron chi connectivity index (χ2n) is 5.97. The molecule has 0 saturated carbocycles. The van der Waals surface area contributed by atoms with Gasteiger partial charge in [-0.25, -0.2) is 4.79 Å². The average molecular weight is 313 g/mol. The fraction of sp³-hybridized carbons (Fsp3) is 0.643. The Kier molecular flexibility index (Phi) is 4.32. The van der Waals surface area contributed by atoms with Gasteiger partial charge in [-0.2, -0.15) is 0 Å². The SMILES string of the molecule is CC(OC(=O)C1=CCS[C@@H]2CC(=O)N12)OC(=O)C(C)(C)C. The number of β-lactam (4-membered cyclic amide) rings is 1. The van der Waals surface area contributed by atoms with Crippen LogP contribution in [0.5, 0.6) is 0 Å². The highest BCUT2D eigenvalue weighted by atomic mass is 32.2. The number of fused-ring (bicyclic) bond motifs is 1. The van der Waals surface area contributed by atoms with Crippen molar-refractivity contribution >= 4 is 29.6 Å². The summed E-state index contributed by atoms with van der Waals surface area (Å²) in [6.07, 6.45) is 1.12. The smallest absolute Gasteiger partial charge is 0.357 e. The van der Waals surface area contributed by atoms with Crippen molar-refractivity contribution in [2.75, 3.05) is 5.75 Å². The molecule has 2 aliphatic rings. The summed E-state index contributed by atoms with van der Waals surface area (Å²) in [5, 5.41) is 0.0254. The monoisotopic (exact) mass is 313 g/mol. The summed E-state index contributed by atoms with van der Waals surface area (Å²) in [6, 6.07) is 0. The molecule has 2 rings (SSSR count). The highest BCUT2D eigenvalue weighted by molar-refractivity contribution is 8.00. The maximum Gasteiger partial charge on any atom is 0.357 e. The van der Waals surface area contributed by atoms with E-state index in [0.717, 1.165) is 0 Å². The summed E-state index contributed by atoms with van der Waals surface area (Å²) < 4.78 is 10.2. The quantitative estimate of drug-likeness (QED) is 0.448. The molecule has 0 aromatic carbocycles. The Morgan fingerprint density at radius 3 is 2.62 bits per heavy atom. The van der Waals surface area contributed by atoms with Crippen LogP contribution in [0.1, 0.15) is 34.1 Å². The molecule has 2 atom stereocenters. The zero-order chi connectivity index (χ0) is 15.8. The molecule has 0 aromatic heterocycles. The molecule has 1 unspecified atom stereocenters. The van der Waals surface area contributed by atoms with Gasteiger partial charge in [-0.15, -0.1) is 11.8 Å². The van der Waals surface area contributed by atoms with Gasteiger partial charge in [0.25, 0.3) is 0 Å². The summed E-state index contributed by atoms with van der Waals surface area (Å²) in [7, 11) is 0. The van der Waals surface area contributed by atoms with Gasteiger partial charge in [0.1, 0.15) is 5.70 Å². The van der Waals surface area contributed by atoms with E-state index < -0.39 is 23.6 Å². The minimum absolute atomic E-state index is 0.0254. The molecule has 0 aromatic rings. The molecule has 0 spiro atoms. The Balaban J connectivity index is 1.94. The third-order valence-electron chi connectivity index (χ3n) is 3.10. The summed E-state index contributed by atoms with van der Waals surface area (Å²) >= 11 is 1.61. The number of rotatable bonds is 3. The number of hydrogen-bond donors (Lipinski definition) is 0. The lowest BCUT2D eigenvalue weighted by molar-refractivity contribution is -0.189. The number of carbonyl (C=O) groups excluding carboxylic acids is 3. The van der Waals surface area contributed by atoms with Crippen LogP contribution >= 0.6 is 11.8 Å². The third-order valence-corrected chi connectivity index (χ3v) is 4.22. The van der Waals surface area contributed by atoms with E-state index in [1.54, 1.807) is 38.6 Å². The first-order valence-corrected chi connectivity index (χ1v) is 7.81. The van der Waals surface area contributed by atoms with Gasteiger partial charge >= 0.3 is 11.9 Å². The molecular formula is C14H19NO5S. The average Bonchev–Trinajstić information content (AvgIpc) is 2.35. The highest BCUT2D eigenvalue weighted by Crippen LogP contribution is 2.37. The van der Waals surface area contributed by atoms with Crippen molar-refractivity contribution in [1.29, 1.82) is 0 Å². The molecule has 1 fully saturated rings. The van der Waals surface area contributed by atoms with Gasteiger partial charge in [0.15, 0.2) is 0 Å². The number of ether oxygens (including phenoxy) is 2. The summed E-state index contributed by atoms with van der Waals surface area (Å²) in [6.45, 7) is 6.63. The van der Waals surface area contributed by atoms with Crippen LogP contribution in [0.15, 0.2) is 11.8 Å². The Labute approximate surface area is 127 Å². The molecule has 0 N–H and O–H groups in total. The molecule has 116 valence electrons. The van der Waals surface area contributed by atoms with Gasteiger partial charge in [-0.3, -0.25) is 14.5 Å². The molecule has 7 heteroatoms. The highest BCUT2D eigenvalue weighted by Gasteiger charge is 2.43. The van der Waals surface area contributed by atoms with Crippen LogP contribution < -0.4 is 0 Å². The number of hydrogen-bond acceptors (Lipinski definition) is 6. The minimum atomic E-state index is -0.991. The number of esters is 2. The first kappa shape index (κ1) is 15.9. The van der Waals surface area contributed by atoms with Crippen LogP contribution in [0.2, 0.25) is 0 Å². The van der Waals surface area contributed by atoms with Crippen molar-refractivity contribution in [2.24, 2.45) is 5.41 Å². The van der Waals surface area contributed by atoms with E-state index >= 15 is 0 Å². The second kappa shape index (κ2) is 5.71. The van der Waals surface area contributed by atoms with E-state index in [0.29, 0.717) is 12.2 Å². The summed E-state index contributed by atoms with van der Waals surface area (Å²) in [5.41, 5.74) is -0.423. The van der Waals surface area contributed by atoms with Crippen molar-refractivity contribution < 1.29 is 23.9 Å². The van der Waals surface area contributed by atoms with E-state index in [1.165, 1.54) is 11.8 Å². The lowest BCUT2D eigenvalue weighted by atomic mass is 9.97. The molecule has 0 bridgehead atoms. The number of nitrogens with zero attached hydrogens (tertiary/aromatic N) is 1. The number of carbonyl (C=O) groups is 3. The maximum atomic E-state index is 12.1. The van der Waals surface area contributed by atoms with E-state index in [-0.39, 0.29) is 17.0 Å². The van der Waals surface area contributed by atoms with Crippen molar-refractivity contribution in [2.45, 2.75) is 45.8 Å². The second-order valence-corrected chi connectivity index (χ2v) is 7.18. The van der Waals surface area contributed by atoms with Crippen LogP contribution in [-0.2, 0) is 23.9 Å². The first-order valence-electron chi connectivity index (χ1n) is 6.76. The fourth-order valence-electron chi connectivity index (χ4n) is 1.89. The van der Waals surface area contributed by atoms with E-state index in [1.807, 2.05) is 0 Å². The molecule has 1 amide bonds. The molecule has 2 heterocycles. The molecule has 1 saturated heterocycles. The van der Waals surface area contributed by atoms with Crippen molar-refractivity contribution in [1.82, 2.24) is 4.90 Å². The maximum absolute atomic E-state index is 12.1. The predicted molar refractivity (Wildman–Crippen MR) is 76.9 cm³/mol. The lowest BCUT2D eigenvalue weighted by Gasteiger charge is -2.42. The van der Waals surface area contributed by atoms with Gasteiger partial charge in [0, 0.05) is 12.7 Å². The molecule has 0 aliphatic carbocycles. The van der Waals surface area contributed by atoms with Crippen LogP contribution in [0.4, 0.5) is 0 Å². The van der Waals surface area contributed by atoms with Crippen molar-refractivity contribution in [3.63, 3.8) is 0 Å². The van der Waals surface area contributed by atoms with E-state index in [4.69, 9.17) is 9.47 Å². The van der Waals surface area contributed by atoms with Gasteiger partial charge in [-0.1, -0.05) is 0 Å². The van der Waals surface area contributed by atoms with Crippen LogP contribution in [-0.4, -0.2) is 40.2 Å². The molecule has 21 heavy (non-hydrogen) atoms. The standard InChI is InChI=1S/C14H19NO5S/c1-8(20-13(18)14(2,3)4)19-12(17)9-5-6-21-11-7-10(16)15(9)11/h5,8,11H,6-7H2,1-4H3/t8?,11-/m1/s1. The number of thioether (sulfide) groups is 1. The van der Waals surface area contributed by atoms with Gasteiger partial charge in [0.05, 0.1) is 17.2 Å². The van der Waals surface area contributed by atoms with E-state index in [2.05, 4.69) is 0 Å².